The minimum Gasteiger partial charge on any atom is -0.496 e. The minimum absolute atomic E-state index is 0.640. The standard InChI is InChI=1S/C15H11ClN4OS2/c1-8-5-6-22-12(8)13-17-18-15-20(13)19-14(23-15)10-7-9(16)3-4-11(10)21-2/h3-7H,1-2H3. The number of ether oxygens (including phenoxy) is 1. The van der Waals surface area contributed by atoms with Gasteiger partial charge in [-0.3, -0.25) is 0 Å². The highest BCUT2D eigenvalue weighted by molar-refractivity contribution is 7.20. The first-order valence-corrected chi connectivity index (χ1v) is 8.85. The van der Waals surface area contributed by atoms with Gasteiger partial charge in [-0.2, -0.15) is 9.61 Å². The summed E-state index contributed by atoms with van der Waals surface area (Å²) in [5.41, 5.74) is 2.02. The first kappa shape index (κ1) is 14.6. The van der Waals surface area contributed by atoms with E-state index in [9.17, 15) is 0 Å². The maximum absolute atomic E-state index is 6.12. The van der Waals surface area contributed by atoms with Crippen molar-refractivity contribution < 1.29 is 4.74 Å². The van der Waals surface area contributed by atoms with Gasteiger partial charge in [0.1, 0.15) is 5.75 Å². The SMILES string of the molecule is COc1ccc(Cl)cc1-c1nn2c(-c3sccc3C)nnc2s1. The molecular formula is C15H11ClN4OS2. The Morgan fingerprint density at radius 2 is 2.09 bits per heavy atom. The molecule has 0 N–H and O–H groups in total. The summed E-state index contributed by atoms with van der Waals surface area (Å²) in [6, 6.07) is 7.55. The molecule has 4 rings (SSSR count). The molecule has 116 valence electrons. The highest BCUT2D eigenvalue weighted by atomic mass is 35.5. The number of halogens is 1. The van der Waals surface area contributed by atoms with Crippen molar-refractivity contribution in [2.45, 2.75) is 6.92 Å². The summed E-state index contributed by atoms with van der Waals surface area (Å²) in [5.74, 6) is 1.49. The summed E-state index contributed by atoms with van der Waals surface area (Å²) in [7, 11) is 1.63. The van der Waals surface area contributed by atoms with Crippen molar-refractivity contribution in [3.8, 4) is 27.0 Å². The molecule has 3 heterocycles. The molecule has 0 spiro atoms. The molecule has 0 saturated heterocycles. The molecule has 0 unspecified atom stereocenters. The van der Waals surface area contributed by atoms with Crippen LogP contribution in [0, 0.1) is 6.92 Å². The summed E-state index contributed by atoms with van der Waals surface area (Å²) >= 11 is 9.21. The lowest BCUT2D eigenvalue weighted by atomic mass is 10.2. The van der Waals surface area contributed by atoms with Gasteiger partial charge in [0.15, 0.2) is 10.8 Å². The van der Waals surface area contributed by atoms with Gasteiger partial charge in [-0.1, -0.05) is 22.9 Å². The van der Waals surface area contributed by atoms with Gasteiger partial charge in [-0.05, 0) is 42.1 Å². The van der Waals surface area contributed by atoms with Crippen LogP contribution in [0.25, 0.3) is 26.2 Å². The first-order chi connectivity index (χ1) is 11.2. The van der Waals surface area contributed by atoms with Gasteiger partial charge in [0.25, 0.3) is 0 Å². The molecule has 23 heavy (non-hydrogen) atoms. The van der Waals surface area contributed by atoms with Crippen molar-refractivity contribution in [1.82, 2.24) is 19.8 Å². The van der Waals surface area contributed by atoms with Gasteiger partial charge in [-0.25, -0.2) is 0 Å². The molecule has 3 aromatic heterocycles. The highest BCUT2D eigenvalue weighted by Gasteiger charge is 2.18. The Bertz CT molecular complexity index is 1000. The molecule has 0 atom stereocenters. The molecule has 0 aliphatic heterocycles. The Hall–Kier alpha value is -1.96. The third-order valence-corrected chi connectivity index (χ3v) is 5.63. The lowest BCUT2D eigenvalue weighted by Crippen LogP contribution is -1.92. The molecule has 0 fully saturated rings. The largest absolute Gasteiger partial charge is 0.496 e. The van der Waals surface area contributed by atoms with E-state index in [1.165, 1.54) is 16.9 Å². The number of methoxy groups -OCH3 is 1. The maximum Gasteiger partial charge on any atom is 0.235 e. The summed E-state index contributed by atoms with van der Waals surface area (Å²) < 4.78 is 7.19. The number of rotatable bonds is 3. The van der Waals surface area contributed by atoms with E-state index in [2.05, 4.69) is 28.3 Å². The molecule has 4 aromatic rings. The maximum atomic E-state index is 6.12. The number of nitrogens with zero attached hydrogens (tertiary/aromatic N) is 4. The van der Waals surface area contributed by atoms with Crippen LogP contribution in [0.4, 0.5) is 0 Å². The van der Waals surface area contributed by atoms with Crippen LogP contribution < -0.4 is 4.74 Å². The molecule has 0 aliphatic rings. The average Bonchev–Trinajstić information content (AvgIpc) is 3.22. The predicted molar refractivity (Wildman–Crippen MR) is 93.7 cm³/mol. The van der Waals surface area contributed by atoms with Gasteiger partial charge in [0.05, 0.1) is 17.6 Å². The first-order valence-electron chi connectivity index (χ1n) is 6.78. The molecule has 8 heteroatoms. The molecule has 1 aromatic carbocycles. The quantitative estimate of drug-likeness (QED) is 0.536. The van der Waals surface area contributed by atoms with Crippen molar-refractivity contribution in [3.63, 3.8) is 0 Å². The zero-order valence-electron chi connectivity index (χ0n) is 12.3. The fourth-order valence-corrected chi connectivity index (χ4v) is 4.24. The van der Waals surface area contributed by atoms with E-state index in [1.807, 2.05) is 17.5 Å². The van der Waals surface area contributed by atoms with Gasteiger partial charge >= 0.3 is 0 Å². The van der Waals surface area contributed by atoms with E-state index in [4.69, 9.17) is 16.3 Å². The van der Waals surface area contributed by atoms with Crippen molar-refractivity contribution in [3.05, 3.63) is 40.2 Å². The summed E-state index contributed by atoms with van der Waals surface area (Å²) in [5, 5.41) is 16.7. The Kier molecular flexibility index (Phi) is 3.56. The van der Waals surface area contributed by atoms with E-state index in [1.54, 1.807) is 29.0 Å². The average molecular weight is 363 g/mol. The van der Waals surface area contributed by atoms with E-state index in [0.29, 0.717) is 5.02 Å². The van der Waals surface area contributed by atoms with E-state index >= 15 is 0 Å². The number of aryl methyl sites for hydroxylation is 1. The monoisotopic (exact) mass is 362 g/mol. The number of thiophene rings is 1. The van der Waals surface area contributed by atoms with Gasteiger partial charge in [0.2, 0.25) is 4.96 Å². The molecule has 0 saturated carbocycles. The number of benzene rings is 1. The highest BCUT2D eigenvalue weighted by Crippen LogP contribution is 2.36. The van der Waals surface area contributed by atoms with Crippen molar-refractivity contribution in [2.24, 2.45) is 0 Å². The van der Waals surface area contributed by atoms with E-state index in [0.717, 1.165) is 32.0 Å². The van der Waals surface area contributed by atoms with Crippen LogP contribution in [0.1, 0.15) is 5.56 Å². The molecule has 0 aliphatic carbocycles. The molecule has 0 bridgehead atoms. The summed E-state index contributed by atoms with van der Waals surface area (Å²) in [4.78, 5) is 1.82. The lowest BCUT2D eigenvalue weighted by molar-refractivity contribution is 0.416. The zero-order chi connectivity index (χ0) is 16.0. The van der Waals surface area contributed by atoms with Crippen LogP contribution in [-0.2, 0) is 0 Å². The summed E-state index contributed by atoms with van der Waals surface area (Å²) in [6.07, 6.45) is 0. The fourth-order valence-electron chi connectivity index (χ4n) is 2.32. The van der Waals surface area contributed by atoms with Crippen molar-refractivity contribution >= 4 is 39.2 Å². The Morgan fingerprint density at radius 3 is 2.83 bits per heavy atom. The fraction of sp³-hybridized carbons (Fsp3) is 0.133. The van der Waals surface area contributed by atoms with Crippen LogP contribution in [0.5, 0.6) is 5.75 Å². The minimum atomic E-state index is 0.640. The van der Waals surface area contributed by atoms with Gasteiger partial charge < -0.3 is 4.74 Å². The van der Waals surface area contributed by atoms with Crippen LogP contribution in [0.15, 0.2) is 29.6 Å². The van der Waals surface area contributed by atoms with Crippen molar-refractivity contribution in [2.75, 3.05) is 7.11 Å². The second-order valence-electron chi connectivity index (χ2n) is 4.90. The number of hydrogen-bond acceptors (Lipinski definition) is 6. The number of hydrogen-bond donors (Lipinski definition) is 0. The van der Waals surface area contributed by atoms with Crippen molar-refractivity contribution in [1.29, 1.82) is 0 Å². The van der Waals surface area contributed by atoms with Crippen LogP contribution in [0.3, 0.4) is 0 Å². The van der Waals surface area contributed by atoms with E-state index in [-0.39, 0.29) is 0 Å². The second kappa shape index (κ2) is 5.59. The lowest BCUT2D eigenvalue weighted by Gasteiger charge is -2.05. The molecular weight excluding hydrogens is 352 g/mol. The predicted octanol–water partition coefficient (Wildman–Crippen LogP) is 4.55. The van der Waals surface area contributed by atoms with E-state index < -0.39 is 0 Å². The molecule has 0 amide bonds. The summed E-state index contributed by atoms with van der Waals surface area (Å²) in [6.45, 7) is 2.06. The normalized spacial score (nSPS) is 11.3. The Morgan fingerprint density at radius 1 is 1.22 bits per heavy atom. The zero-order valence-corrected chi connectivity index (χ0v) is 14.7. The molecule has 0 radical (unpaired) electrons. The topological polar surface area (TPSA) is 52.3 Å². The Balaban J connectivity index is 1.90. The van der Waals surface area contributed by atoms with Gasteiger partial charge in [0, 0.05) is 5.02 Å². The third kappa shape index (κ3) is 2.41. The number of aromatic nitrogens is 4. The second-order valence-corrected chi connectivity index (χ2v) is 7.21. The smallest absolute Gasteiger partial charge is 0.235 e. The Labute approximate surface area is 145 Å². The van der Waals surface area contributed by atoms with Crippen LogP contribution >= 0.6 is 34.3 Å². The number of fused-ring (bicyclic) bond motifs is 1. The van der Waals surface area contributed by atoms with Crippen LogP contribution in [-0.4, -0.2) is 26.9 Å². The van der Waals surface area contributed by atoms with Crippen LogP contribution in [0.2, 0.25) is 5.02 Å². The van der Waals surface area contributed by atoms with Gasteiger partial charge in [-0.15, -0.1) is 21.5 Å². The third-order valence-electron chi connectivity index (χ3n) is 3.45. The molecule has 5 nitrogen and oxygen atoms in total.